The zero-order valence-electron chi connectivity index (χ0n) is 10.3. The summed E-state index contributed by atoms with van der Waals surface area (Å²) < 4.78 is 1.83. The molecule has 0 aliphatic carbocycles. The molecule has 0 amide bonds. The first-order valence-corrected chi connectivity index (χ1v) is 5.92. The minimum atomic E-state index is 0.233. The van der Waals surface area contributed by atoms with Crippen LogP contribution in [0.25, 0.3) is 0 Å². The molecule has 0 radical (unpaired) electrons. The lowest BCUT2D eigenvalue weighted by Gasteiger charge is -2.15. The normalized spacial score (nSPS) is 12.6. The first kappa shape index (κ1) is 11.8. The van der Waals surface area contributed by atoms with E-state index in [4.69, 9.17) is 0 Å². The average molecular weight is 230 g/mol. The summed E-state index contributed by atoms with van der Waals surface area (Å²) in [5, 5.41) is 7.90. The van der Waals surface area contributed by atoms with E-state index >= 15 is 0 Å². The Bertz CT molecular complexity index is 449. The molecule has 1 N–H and O–H groups in total. The number of nitrogens with zero attached hydrogens (tertiary/aromatic N) is 3. The van der Waals surface area contributed by atoms with Gasteiger partial charge in [-0.15, -0.1) is 0 Å². The van der Waals surface area contributed by atoms with Gasteiger partial charge in [-0.2, -0.15) is 5.10 Å². The van der Waals surface area contributed by atoms with Crippen LogP contribution in [-0.4, -0.2) is 21.3 Å². The number of hydrogen-bond donors (Lipinski definition) is 1. The van der Waals surface area contributed by atoms with Crippen molar-refractivity contribution in [3.63, 3.8) is 0 Å². The van der Waals surface area contributed by atoms with Gasteiger partial charge in [-0.05, 0) is 24.7 Å². The molecular weight excluding hydrogens is 212 g/mol. The SMILES string of the molecule is CCNC(Cc1ccccn1)c1ccn(C)n1. The molecule has 0 bridgehead atoms. The molecule has 2 aromatic heterocycles. The van der Waals surface area contributed by atoms with Crippen molar-refractivity contribution in [2.45, 2.75) is 19.4 Å². The van der Waals surface area contributed by atoms with E-state index in [0.717, 1.165) is 24.4 Å². The molecule has 0 aliphatic rings. The fourth-order valence-electron chi connectivity index (χ4n) is 1.87. The maximum absolute atomic E-state index is 4.45. The zero-order chi connectivity index (χ0) is 12.1. The summed E-state index contributed by atoms with van der Waals surface area (Å²) >= 11 is 0. The standard InChI is InChI=1S/C13H18N4/c1-3-14-13(12-7-9-17(2)16-12)10-11-6-4-5-8-15-11/h4-9,13-14H,3,10H2,1-2H3. The van der Waals surface area contributed by atoms with Crippen molar-refractivity contribution in [3.05, 3.63) is 48.0 Å². The summed E-state index contributed by atoms with van der Waals surface area (Å²) in [6.45, 7) is 3.03. The third kappa shape index (κ3) is 3.14. The second-order valence-electron chi connectivity index (χ2n) is 4.05. The molecule has 0 saturated carbocycles. The molecule has 0 fully saturated rings. The summed E-state index contributed by atoms with van der Waals surface area (Å²) in [6, 6.07) is 8.29. The van der Waals surface area contributed by atoms with Crippen LogP contribution in [0.15, 0.2) is 36.7 Å². The predicted molar refractivity (Wildman–Crippen MR) is 67.6 cm³/mol. The van der Waals surface area contributed by atoms with Crippen molar-refractivity contribution in [2.24, 2.45) is 7.05 Å². The van der Waals surface area contributed by atoms with Crippen molar-refractivity contribution < 1.29 is 0 Å². The van der Waals surface area contributed by atoms with Gasteiger partial charge in [0, 0.05) is 31.6 Å². The van der Waals surface area contributed by atoms with E-state index in [1.54, 1.807) is 0 Å². The molecule has 2 heterocycles. The van der Waals surface area contributed by atoms with Crippen molar-refractivity contribution in [2.75, 3.05) is 6.54 Å². The molecule has 2 rings (SSSR count). The summed E-state index contributed by atoms with van der Waals surface area (Å²) in [7, 11) is 1.94. The van der Waals surface area contributed by atoms with Gasteiger partial charge in [0.25, 0.3) is 0 Å². The summed E-state index contributed by atoms with van der Waals surface area (Å²) in [6.07, 6.45) is 4.67. The highest BCUT2D eigenvalue weighted by Crippen LogP contribution is 2.15. The van der Waals surface area contributed by atoms with E-state index in [1.807, 2.05) is 42.3 Å². The second kappa shape index (κ2) is 5.59. The number of hydrogen-bond acceptors (Lipinski definition) is 3. The van der Waals surface area contributed by atoms with Gasteiger partial charge in [-0.3, -0.25) is 9.67 Å². The Kier molecular flexibility index (Phi) is 3.88. The van der Waals surface area contributed by atoms with Gasteiger partial charge < -0.3 is 5.32 Å². The number of nitrogens with one attached hydrogen (secondary N) is 1. The molecule has 0 aromatic carbocycles. The minimum absolute atomic E-state index is 0.233. The van der Waals surface area contributed by atoms with Crippen LogP contribution in [-0.2, 0) is 13.5 Å². The Balaban J connectivity index is 2.13. The monoisotopic (exact) mass is 230 g/mol. The van der Waals surface area contributed by atoms with E-state index in [1.165, 1.54) is 0 Å². The maximum atomic E-state index is 4.45. The highest BCUT2D eigenvalue weighted by molar-refractivity contribution is 5.12. The van der Waals surface area contributed by atoms with Crippen LogP contribution in [0.2, 0.25) is 0 Å². The van der Waals surface area contributed by atoms with E-state index in [-0.39, 0.29) is 6.04 Å². The molecule has 0 aliphatic heterocycles. The van der Waals surface area contributed by atoms with Crippen molar-refractivity contribution in [1.82, 2.24) is 20.1 Å². The lowest BCUT2D eigenvalue weighted by molar-refractivity contribution is 0.523. The average Bonchev–Trinajstić information content (AvgIpc) is 2.77. The Morgan fingerprint density at radius 1 is 1.35 bits per heavy atom. The fraction of sp³-hybridized carbons (Fsp3) is 0.385. The smallest absolute Gasteiger partial charge is 0.0797 e. The van der Waals surface area contributed by atoms with Crippen LogP contribution >= 0.6 is 0 Å². The van der Waals surface area contributed by atoms with Gasteiger partial charge in [0.2, 0.25) is 0 Å². The molecule has 2 aromatic rings. The lowest BCUT2D eigenvalue weighted by atomic mass is 10.1. The van der Waals surface area contributed by atoms with Gasteiger partial charge >= 0.3 is 0 Å². The minimum Gasteiger partial charge on any atom is -0.309 e. The van der Waals surface area contributed by atoms with Crippen molar-refractivity contribution in [1.29, 1.82) is 0 Å². The second-order valence-corrected chi connectivity index (χ2v) is 4.05. The largest absolute Gasteiger partial charge is 0.309 e. The van der Waals surface area contributed by atoms with Gasteiger partial charge in [0.15, 0.2) is 0 Å². The quantitative estimate of drug-likeness (QED) is 0.850. The predicted octanol–water partition coefficient (Wildman–Crippen LogP) is 1.71. The summed E-state index contributed by atoms with van der Waals surface area (Å²) in [5.74, 6) is 0. The van der Waals surface area contributed by atoms with Crippen LogP contribution in [0.5, 0.6) is 0 Å². The topological polar surface area (TPSA) is 42.7 Å². The Hall–Kier alpha value is -1.68. The number of likely N-dealkylation sites (N-methyl/N-ethyl adjacent to an activating group) is 1. The number of aromatic nitrogens is 3. The van der Waals surface area contributed by atoms with E-state index in [9.17, 15) is 0 Å². The van der Waals surface area contributed by atoms with Crippen LogP contribution in [0.3, 0.4) is 0 Å². The first-order valence-electron chi connectivity index (χ1n) is 5.92. The number of rotatable bonds is 5. The highest BCUT2D eigenvalue weighted by Gasteiger charge is 2.14. The maximum Gasteiger partial charge on any atom is 0.0797 e. The fourth-order valence-corrected chi connectivity index (χ4v) is 1.87. The molecule has 0 spiro atoms. The molecule has 1 atom stereocenters. The molecule has 0 saturated heterocycles. The molecule has 4 nitrogen and oxygen atoms in total. The molecule has 1 unspecified atom stereocenters. The first-order chi connectivity index (χ1) is 8.29. The van der Waals surface area contributed by atoms with Gasteiger partial charge in [-0.25, -0.2) is 0 Å². The third-order valence-corrected chi connectivity index (χ3v) is 2.68. The molecule has 90 valence electrons. The summed E-state index contributed by atoms with van der Waals surface area (Å²) in [5.41, 5.74) is 2.16. The van der Waals surface area contributed by atoms with Crippen LogP contribution in [0, 0.1) is 0 Å². The van der Waals surface area contributed by atoms with E-state index in [0.29, 0.717) is 0 Å². The van der Waals surface area contributed by atoms with Crippen LogP contribution in [0.4, 0.5) is 0 Å². The summed E-state index contributed by atoms with van der Waals surface area (Å²) in [4.78, 5) is 4.36. The van der Waals surface area contributed by atoms with Crippen LogP contribution < -0.4 is 5.32 Å². The molecule has 4 heteroatoms. The zero-order valence-corrected chi connectivity index (χ0v) is 10.3. The van der Waals surface area contributed by atoms with Gasteiger partial charge in [-0.1, -0.05) is 13.0 Å². The van der Waals surface area contributed by atoms with E-state index < -0.39 is 0 Å². The number of aryl methyl sites for hydroxylation is 1. The molecule has 17 heavy (non-hydrogen) atoms. The van der Waals surface area contributed by atoms with Crippen LogP contribution in [0.1, 0.15) is 24.4 Å². The van der Waals surface area contributed by atoms with E-state index in [2.05, 4.69) is 28.4 Å². The van der Waals surface area contributed by atoms with Gasteiger partial charge in [0.1, 0.15) is 0 Å². The number of pyridine rings is 1. The third-order valence-electron chi connectivity index (χ3n) is 2.68. The highest BCUT2D eigenvalue weighted by atomic mass is 15.3. The molecular formula is C13H18N4. The Morgan fingerprint density at radius 2 is 2.24 bits per heavy atom. The Labute approximate surface area is 102 Å². The van der Waals surface area contributed by atoms with Crippen molar-refractivity contribution >= 4 is 0 Å². The lowest BCUT2D eigenvalue weighted by Crippen LogP contribution is -2.23. The van der Waals surface area contributed by atoms with Crippen molar-refractivity contribution in [3.8, 4) is 0 Å². The van der Waals surface area contributed by atoms with Gasteiger partial charge in [0.05, 0.1) is 11.7 Å². The Morgan fingerprint density at radius 3 is 2.82 bits per heavy atom.